The minimum atomic E-state index is -5.04. The molecule has 31 heavy (non-hydrogen) atoms. The molecule has 2 aromatic heterocycles. The summed E-state index contributed by atoms with van der Waals surface area (Å²) in [6, 6.07) is 1.73. The van der Waals surface area contributed by atoms with Crippen LogP contribution in [0.15, 0.2) is 6.33 Å². The predicted molar refractivity (Wildman–Crippen MR) is 98.8 cm³/mol. The number of nitriles is 1. The van der Waals surface area contributed by atoms with E-state index in [-0.39, 0.29) is 29.4 Å². The van der Waals surface area contributed by atoms with Crippen LogP contribution in [-0.4, -0.2) is 82.9 Å². The molecule has 0 unspecified atom stereocenters. The standard InChI is InChI=1S/C15H19N6O9P/c1-2-28-14(24)15(31(25,26)27)29-4-6-9(22)10(23)13(30-6)21-5-18-8-11(17)19-7(3-16)20-12(8)21/h5-6,9-10,13,15,22-23H,2,4H2,1H3,(H2,17,19,20)(H2,25,26,27)/t6-,9+,10-,13-,15-/m1/s1. The molecular weight excluding hydrogens is 439 g/mol. The quantitative estimate of drug-likeness (QED) is 0.222. The van der Waals surface area contributed by atoms with Gasteiger partial charge in [0.15, 0.2) is 17.7 Å². The number of esters is 1. The van der Waals surface area contributed by atoms with Gasteiger partial charge in [0, 0.05) is 0 Å². The van der Waals surface area contributed by atoms with Crippen LogP contribution in [0, 0.1) is 11.3 Å². The number of nitrogens with zero attached hydrogens (tertiary/aromatic N) is 5. The molecule has 1 aliphatic heterocycles. The van der Waals surface area contributed by atoms with Crippen LogP contribution in [0.2, 0.25) is 0 Å². The van der Waals surface area contributed by atoms with Gasteiger partial charge in [0.2, 0.25) is 5.82 Å². The average molecular weight is 458 g/mol. The fourth-order valence-electron chi connectivity index (χ4n) is 2.97. The molecule has 168 valence electrons. The second kappa shape index (κ2) is 8.81. The van der Waals surface area contributed by atoms with Crippen LogP contribution >= 0.6 is 7.60 Å². The maximum absolute atomic E-state index is 11.8. The summed E-state index contributed by atoms with van der Waals surface area (Å²) in [4.78, 5) is 42.2. The molecule has 0 spiro atoms. The summed E-state index contributed by atoms with van der Waals surface area (Å²) >= 11 is 0. The topological polar surface area (TPSA) is 236 Å². The number of fused-ring (bicyclic) bond motifs is 1. The number of carbonyl (C=O) groups excluding carboxylic acids is 1. The number of carbonyl (C=O) groups is 1. The number of aromatic nitrogens is 4. The molecule has 1 fully saturated rings. The molecule has 0 amide bonds. The Bertz CT molecular complexity index is 1070. The van der Waals surface area contributed by atoms with Gasteiger partial charge in [-0.2, -0.15) is 15.2 Å². The lowest BCUT2D eigenvalue weighted by Gasteiger charge is -2.20. The van der Waals surface area contributed by atoms with Gasteiger partial charge in [-0.3, -0.25) is 9.13 Å². The van der Waals surface area contributed by atoms with Gasteiger partial charge in [-0.1, -0.05) is 0 Å². The minimum Gasteiger partial charge on any atom is -0.464 e. The van der Waals surface area contributed by atoms with Crippen molar-refractivity contribution in [2.24, 2.45) is 0 Å². The van der Waals surface area contributed by atoms with Gasteiger partial charge in [0.05, 0.1) is 19.5 Å². The van der Waals surface area contributed by atoms with Crippen molar-refractivity contribution >= 4 is 30.5 Å². The summed E-state index contributed by atoms with van der Waals surface area (Å²) in [5.41, 5.74) is 5.93. The Labute approximate surface area is 174 Å². The lowest BCUT2D eigenvalue weighted by Crippen LogP contribution is -2.36. The number of ether oxygens (including phenoxy) is 3. The van der Waals surface area contributed by atoms with E-state index in [1.807, 2.05) is 0 Å². The van der Waals surface area contributed by atoms with Crippen molar-refractivity contribution in [1.29, 1.82) is 5.26 Å². The van der Waals surface area contributed by atoms with Crippen molar-refractivity contribution in [2.45, 2.75) is 37.3 Å². The Hall–Kier alpha value is -2.70. The van der Waals surface area contributed by atoms with Gasteiger partial charge in [0.1, 0.15) is 29.9 Å². The lowest BCUT2D eigenvalue weighted by atomic mass is 10.1. The van der Waals surface area contributed by atoms with Crippen molar-refractivity contribution in [3.8, 4) is 6.07 Å². The molecule has 3 heterocycles. The molecular formula is C15H19N6O9P. The first-order valence-corrected chi connectivity index (χ1v) is 10.5. The summed E-state index contributed by atoms with van der Waals surface area (Å²) in [5, 5.41) is 29.7. The highest BCUT2D eigenvalue weighted by atomic mass is 31.2. The molecule has 0 bridgehead atoms. The second-order valence-corrected chi connectivity index (χ2v) is 8.09. The van der Waals surface area contributed by atoms with E-state index in [9.17, 15) is 29.4 Å². The number of aliphatic hydroxyl groups is 2. The molecule has 0 radical (unpaired) electrons. The van der Waals surface area contributed by atoms with Gasteiger partial charge in [-0.05, 0) is 6.92 Å². The fraction of sp³-hybridized carbons (Fsp3) is 0.533. The van der Waals surface area contributed by atoms with E-state index >= 15 is 0 Å². The van der Waals surface area contributed by atoms with E-state index < -0.39 is 50.6 Å². The van der Waals surface area contributed by atoms with E-state index in [4.69, 9.17) is 20.5 Å². The molecule has 6 N–H and O–H groups in total. The van der Waals surface area contributed by atoms with Gasteiger partial charge >= 0.3 is 13.6 Å². The van der Waals surface area contributed by atoms with Gasteiger partial charge < -0.3 is 39.9 Å². The first kappa shape index (κ1) is 23.0. The Morgan fingerprint density at radius 3 is 2.74 bits per heavy atom. The number of anilines is 1. The number of imidazole rings is 1. The van der Waals surface area contributed by atoms with Gasteiger partial charge in [0.25, 0.3) is 5.85 Å². The number of aliphatic hydroxyl groups excluding tert-OH is 2. The minimum absolute atomic E-state index is 0.0569. The lowest BCUT2D eigenvalue weighted by molar-refractivity contribution is -0.155. The van der Waals surface area contributed by atoms with Gasteiger partial charge in [-0.15, -0.1) is 0 Å². The van der Waals surface area contributed by atoms with Crippen LogP contribution < -0.4 is 5.73 Å². The normalized spacial score (nSPS) is 24.8. The number of hydrogen-bond acceptors (Lipinski definition) is 12. The molecule has 0 aromatic carbocycles. The number of hydrogen-bond donors (Lipinski definition) is 5. The third-order valence-electron chi connectivity index (χ3n) is 4.37. The number of rotatable bonds is 7. The van der Waals surface area contributed by atoms with Crippen LogP contribution in [0.3, 0.4) is 0 Å². The summed E-state index contributed by atoms with van der Waals surface area (Å²) in [7, 11) is -5.04. The van der Waals surface area contributed by atoms with E-state index in [1.54, 1.807) is 6.07 Å². The monoisotopic (exact) mass is 458 g/mol. The van der Waals surface area contributed by atoms with Crippen molar-refractivity contribution in [1.82, 2.24) is 19.5 Å². The maximum Gasteiger partial charge on any atom is 0.365 e. The summed E-state index contributed by atoms with van der Waals surface area (Å²) < 4.78 is 27.9. The number of nitrogen functional groups attached to an aromatic ring is 1. The van der Waals surface area contributed by atoms with E-state index in [0.29, 0.717) is 0 Å². The maximum atomic E-state index is 11.8. The Kier molecular flexibility index (Phi) is 6.53. The zero-order chi connectivity index (χ0) is 22.9. The largest absolute Gasteiger partial charge is 0.464 e. The van der Waals surface area contributed by atoms with Crippen LogP contribution in [0.4, 0.5) is 5.82 Å². The molecule has 1 aliphatic rings. The summed E-state index contributed by atoms with van der Waals surface area (Å²) in [5.74, 6) is -3.83. The third-order valence-corrected chi connectivity index (χ3v) is 5.34. The first-order valence-electron chi connectivity index (χ1n) is 8.83. The SMILES string of the molecule is CCOC(=O)[C@H](OC[C@H]1O[C@@H](n2cnc3c(N)nc(C#N)nc32)[C@H](O)[C@H]1O)P(=O)(O)O. The zero-order valence-electron chi connectivity index (χ0n) is 16.0. The first-order chi connectivity index (χ1) is 14.6. The fourth-order valence-corrected chi connectivity index (χ4v) is 3.60. The van der Waals surface area contributed by atoms with Gasteiger partial charge in [-0.25, -0.2) is 9.78 Å². The molecule has 2 aromatic rings. The van der Waals surface area contributed by atoms with Crippen molar-refractivity contribution < 1.29 is 43.6 Å². The summed E-state index contributed by atoms with van der Waals surface area (Å²) in [6.07, 6.45) is -4.43. The highest BCUT2D eigenvalue weighted by Gasteiger charge is 2.46. The molecule has 16 heteroatoms. The van der Waals surface area contributed by atoms with E-state index in [0.717, 1.165) is 0 Å². The third kappa shape index (κ3) is 4.50. The van der Waals surface area contributed by atoms with Crippen molar-refractivity contribution in [3.63, 3.8) is 0 Å². The van der Waals surface area contributed by atoms with Crippen LogP contribution in [0.25, 0.3) is 11.2 Å². The smallest absolute Gasteiger partial charge is 0.365 e. The number of nitrogens with two attached hydrogens (primary N) is 1. The second-order valence-electron chi connectivity index (χ2n) is 6.44. The molecule has 0 saturated carbocycles. The van der Waals surface area contributed by atoms with Crippen molar-refractivity contribution in [2.75, 3.05) is 18.9 Å². The Morgan fingerprint density at radius 1 is 1.42 bits per heavy atom. The molecule has 0 aliphatic carbocycles. The average Bonchev–Trinajstić information content (AvgIpc) is 3.23. The molecule has 3 rings (SSSR count). The van der Waals surface area contributed by atoms with Crippen LogP contribution in [-0.2, 0) is 23.6 Å². The molecule has 1 saturated heterocycles. The molecule has 15 nitrogen and oxygen atoms in total. The highest BCUT2D eigenvalue weighted by Crippen LogP contribution is 2.43. The molecule has 5 atom stereocenters. The van der Waals surface area contributed by atoms with E-state index in [1.165, 1.54) is 17.8 Å². The van der Waals surface area contributed by atoms with Crippen LogP contribution in [0.1, 0.15) is 19.0 Å². The Morgan fingerprint density at radius 2 is 2.13 bits per heavy atom. The van der Waals surface area contributed by atoms with Crippen LogP contribution in [0.5, 0.6) is 0 Å². The predicted octanol–water partition coefficient (Wildman–Crippen LogP) is -2.02. The van der Waals surface area contributed by atoms with Crippen molar-refractivity contribution in [3.05, 3.63) is 12.2 Å². The zero-order valence-corrected chi connectivity index (χ0v) is 16.9. The Balaban J connectivity index is 1.81. The van der Waals surface area contributed by atoms with E-state index in [2.05, 4.69) is 19.7 Å². The summed E-state index contributed by atoms with van der Waals surface area (Å²) in [6.45, 7) is 0.658. The highest BCUT2D eigenvalue weighted by molar-refractivity contribution is 7.53.